The molecule has 6 heteroatoms. The molecule has 0 saturated carbocycles. The summed E-state index contributed by atoms with van der Waals surface area (Å²) < 4.78 is 0.769. The zero-order valence-corrected chi connectivity index (χ0v) is 12.5. The van der Waals surface area contributed by atoms with E-state index < -0.39 is 0 Å². The smallest absolute Gasteiger partial charge is 0.255 e. The molecule has 0 aliphatic heterocycles. The molecule has 5 nitrogen and oxygen atoms in total. The number of aromatic nitrogens is 2. The molecule has 2 aromatic carbocycles. The first-order chi connectivity index (χ1) is 10.1. The Kier molecular flexibility index (Phi) is 3.53. The van der Waals surface area contributed by atoms with Gasteiger partial charge in [0, 0.05) is 28.1 Å². The largest absolute Gasteiger partial charge is 0.399 e. The van der Waals surface area contributed by atoms with E-state index in [4.69, 9.17) is 5.73 Å². The topological polar surface area (TPSA) is 80.9 Å². The number of carbonyl (C=O) groups is 1. The van der Waals surface area contributed by atoms with E-state index in [9.17, 15) is 4.79 Å². The predicted octanol–water partition coefficient (Wildman–Crippen LogP) is 3.23. The van der Waals surface area contributed by atoms with Crippen molar-refractivity contribution in [3.05, 3.63) is 58.8 Å². The van der Waals surface area contributed by atoms with Crippen LogP contribution < -0.4 is 11.1 Å². The summed E-state index contributed by atoms with van der Waals surface area (Å²) in [6.45, 7) is 0. The van der Waals surface area contributed by atoms with Crippen LogP contribution in [0.1, 0.15) is 10.4 Å². The standard InChI is InChI=1S/C15H11BrN4O/c16-11-3-2-10(17)8-13(11)20-15(21)9-1-4-12-14(7-9)19-6-5-18-12/h1-8H,17H2,(H,20,21). The van der Waals surface area contributed by atoms with Crippen LogP contribution in [0.2, 0.25) is 0 Å². The molecule has 0 spiro atoms. The molecular formula is C15H11BrN4O. The number of nitrogens with two attached hydrogens (primary N) is 1. The van der Waals surface area contributed by atoms with Gasteiger partial charge in [0.2, 0.25) is 0 Å². The Morgan fingerprint density at radius 2 is 1.81 bits per heavy atom. The molecule has 0 bridgehead atoms. The van der Waals surface area contributed by atoms with Crippen LogP contribution >= 0.6 is 15.9 Å². The number of hydrogen-bond acceptors (Lipinski definition) is 4. The maximum absolute atomic E-state index is 12.3. The minimum Gasteiger partial charge on any atom is -0.399 e. The van der Waals surface area contributed by atoms with E-state index in [2.05, 4.69) is 31.2 Å². The van der Waals surface area contributed by atoms with Gasteiger partial charge in [-0.25, -0.2) is 0 Å². The van der Waals surface area contributed by atoms with Gasteiger partial charge in [-0.05, 0) is 52.3 Å². The molecule has 0 fully saturated rings. The quantitative estimate of drug-likeness (QED) is 0.700. The molecule has 3 aromatic rings. The molecule has 3 N–H and O–H groups in total. The molecule has 1 amide bonds. The summed E-state index contributed by atoms with van der Waals surface area (Å²) in [7, 11) is 0. The molecule has 21 heavy (non-hydrogen) atoms. The number of benzene rings is 2. The van der Waals surface area contributed by atoms with Crippen molar-refractivity contribution in [2.24, 2.45) is 0 Å². The van der Waals surface area contributed by atoms with Crippen LogP contribution in [-0.2, 0) is 0 Å². The van der Waals surface area contributed by atoms with Crippen LogP contribution in [-0.4, -0.2) is 15.9 Å². The zero-order chi connectivity index (χ0) is 14.8. The Balaban J connectivity index is 1.91. The number of rotatable bonds is 2. The van der Waals surface area contributed by atoms with Crippen molar-refractivity contribution >= 4 is 44.2 Å². The number of hydrogen-bond donors (Lipinski definition) is 2. The maximum atomic E-state index is 12.3. The highest BCUT2D eigenvalue weighted by molar-refractivity contribution is 9.10. The lowest BCUT2D eigenvalue weighted by molar-refractivity contribution is 0.102. The second-order valence-corrected chi connectivity index (χ2v) is 5.31. The highest BCUT2D eigenvalue weighted by atomic mass is 79.9. The molecule has 0 unspecified atom stereocenters. The minimum absolute atomic E-state index is 0.228. The number of halogens is 1. The molecule has 0 radical (unpaired) electrons. The maximum Gasteiger partial charge on any atom is 0.255 e. The third-order valence-electron chi connectivity index (χ3n) is 2.97. The van der Waals surface area contributed by atoms with Crippen LogP contribution in [0.15, 0.2) is 53.3 Å². The lowest BCUT2D eigenvalue weighted by atomic mass is 10.1. The van der Waals surface area contributed by atoms with Crippen LogP contribution in [0.4, 0.5) is 11.4 Å². The number of nitrogens with zero attached hydrogens (tertiary/aromatic N) is 2. The van der Waals surface area contributed by atoms with Gasteiger partial charge in [0.15, 0.2) is 0 Å². The summed E-state index contributed by atoms with van der Waals surface area (Å²) >= 11 is 3.38. The molecule has 0 saturated heterocycles. The number of fused-ring (bicyclic) bond motifs is 1. The van der Waals surface area contributed by atoms with Gasteiger partial charge in [-0.2, -0.15) is 0 Å². The lowest BCUT2D eigenvalue weighted by Crippen LogP contribution is -2.12. The highest BCUT2D eigenvalue weighted by Gasteiger charge is 2.10. The average molecular weight is 343 g/mol. The summed E-state index contributed by atoms with van der Waals surface area (Å²) in [6, 6.07) is 10.4. The fourth-order valence-electron chi connectivity index (χ4n) is 1.94. The molecule has 104 valence electrons. The molecule has 0 aliphatic rings. The summed E-state index contributed by atoms with van der Waals surface area (Å²) in [5.41, 5.74) is 8.87. The summed E-state index contributed by atoms with van der Waals surface area (Å²) in [4.78, 5) is 20.7. The van der Waals surface area contributed by atoms with E-state index >= 15 is 0 Å². The Labute approximate surface area is 129 Å². The Morgan fingerprint density at radius 1 is 1.05 bits per heavy atom. The van der Waals surface area contributed by atoms with Crippen molar-refractivity contribution in [3.8, 4) is 0 Å². The Hall–Kier alpha value is -2.47. The van der Waals surface area contributed by atoms with Gasteiger partial charge in [-0.15, -0.1) is 0 Å². The fourth-order valence-corrected chi connectivity index (χ4v) is 2.28. The van der Waals surface area contributed by atoms with E-state index in [1.54, 1.807) is 48.8 Å². The number of nitrogen functional groups attached to an aromatic ring is 1. The van der Waals surface area contributed by atoms with Crippen LogP contribution in [0, 0.1) is 0 Å². The molecule has 1 aromatic heterocycles. The Bertz CT molecular complexity index is 835. The van der Waals surface area contributed by atoms with Gasteiger partial charge >= 0.3 is 0 Å². The minimum atomic E-state index is -0.228. The zero-order valence-electron chi connectivity index (χ0n) is 10.9. The molecule has 0 aliphatic carbocycles. The highest BCUT2D eigenvalue weighted by Crippen LogP contribution is 2.25. The van der Waals surface area contributed by atoms with Gasteiger partial charge in [0.1, 0.15) is 0 Å². The Morgan fingerprint density at radius 3 is 2.62 bits per heavy atom. The summed E-state index contributed by atoms with van der Waals surface area (Å²) in [5.74, 6) is -0.228. The van der Waals surface area contributed by atoms with Gasteiger partial charge in [-0.3, -0.25) is 14.8 Å². The first-order valence-corrected chi connectivity index (χ1v) is 7.00. The van der Waals surface area contributed by atoms with E-state index in [-0.39, 0.29) is 5.91 Å². The van der Waals surface area contributed by atoms with Crippen molar-refractivity contribution in [2.75, 3.05) is 11.1 Å². The van der Waals surface area contributed by atoms with Crippen LogP contribution in [0.3, 0.4) is 0 Å². The molecule has 1 heterocycles. The normalized spacial score (nSPS) is 10.5. The van der Waals surface area contributed by atoms with E-state index in [1.807, 2.05) is 0 Å². The van der Waals surface area contributed by atoms with Crippen molar-refractivity contribution in [3.63, 3.8) is 0 Å². The number of carbonyl (C=O) groups excluding carboxylic acids is 1. The monoisotopic (exact) mass is 342 g/mol. The van der Waals surface area contributed by atoms with Crippen molar-refractivity contribution in [1.82, 2.24) is 9.97 Å². The van der Waals surface area contributed by atoms with E-state index in [1.165, 1.54) is 0 Å². The SMILES string of the molecule is Nc1ccc(Br)c(NC(=O)c2ccc3nccnc3c2)c1. The van der Waals surface area contributed by atoms with Crippen molar-refractivity contribution in [2.45, 2.75) is 0 Å². The van der Waals surface area contributed by atoms with Gasteiger partial charge < -0.3 is 11.1 Å². The number of anilines is 2. The average Bonchev–Trinajstić information content (AvgIpc) is 2.50. The lowest BCUT2D eigenvalue weighted by Gasteiger charge is -2.08. The summed E-state index contributed by atoms with van der Waals surface area (Å²) in [6.07, 6.45) is 3.21. The van der Waals surface area contributed by atoms with Gasteiger partial charge in [0.25, 0.3) is 5.91 Å². The second kappa shape index (κ2) is 5.49. The van der Waals surface area contributed by atoms with E-state index in [0.29, 0.717) is 22.5 Å². The van der Waals surface area contributed by atoms with Gasteiger partial charge in [-0.1, -0.05) is 0 Å². The molecule has 0 atom stereocenters. The van der Waals surface area contributed by atoms with Gasteiger partial charge in [0.05, 0.1) is 16.7 Å². The number of nitrogens with one attached hydrogen (secondary N) is 1. The first kappa shape index (κ1) is 13.5. The number of amides is 1. The second-order valence-electron chi connectivity index (χ2n) is 4.45. The fraction of sp³-hybridized carbons (Fsp3) is 0. The van der Waals surface area contributed by atoms with E-state index in [0.717, 1.165) is 9.99 Å². The third kappa shape index (κ3) is 2.85. The molecule has 3 rings (SSSR count). The first-order valence-electron chi connectivity index (χ1n) is 6.20. The van der Waals surface area contributed by atoms with Crippen LogP contribution in [0.5, 0.6) is 0 Å². The van der Waals surface area contributed by atoms with Crippen LogP contribution in [0.25, 0.3) is 11.0 Å². The predicted molar refractivity (Wildman–Crippen MR) is 86.0 cm³/mol. The third-order valence-corrected chi connectivity index (χ3v) is 3.66. The van der Waals surface area contributed by atoms with Crippen molar-refractivity contribution in [1.29, 1.82) is 0 Å². The summed E-state index contributed by atoms with van der Waals surface area (Å²) in [5, 5.41) is 2.82. The van der Waals surface area contributed by atoms with Crippen molar-refractivity contribution < 1.29 is 4.79 Å². The molecular weight excluding hydrogens is 332 g/mol.